The summed E-state index contributed by atoms with van der Waals surface area (Å²) in [4.78, 5) is 0. The van der Waals surface area contributed by atoms with E-state index in [9.17, 15) is 5.11 Å². The number of rotatable bonds is 0. The summed E-state index contributed by atoms with van der Waals surface area (Å²) in [5.41, 5.74) is 1.43. The van der Waals surface area contributed by atoms with Crippen molar-refractivity contribution in [3.8, 4) is 0 Å². The molecule has 7 atom stereocenters. The first-order valence-electron chi connectivity index (χ1n) is 8.50. The van der Waals surface area contributed by atoms with Crippen LogP contribution in [0.2, 0.25) is 0 Å². The maximum absolute atomic E-state index is 10.8. The van der Waals surface area contributed by atoms with Crippen molar-refractivity contribution in [2.24, 2.45) is 35.0 Å². The standard InChI is InChI=1S/C18H28O/c1-11-4-3-5-15-14(11)8-9-18-10-13(6-7-16(15)18)12(2)17(18)19/h11,13-17,19H,2-10H2,1H3/t11?,13-,14?,15?,16?,17-,18-/m1/s1. The van der Waals surface area contributed by atoms with Crippen LogP contribution in [0.25, 0.3) is 0 Å². The summed E-state index contributed by atoms with van der Waals surface area (Å²) in [6, 6.07) is 0. The van der Waals surface area contributed by atoms with Gasteiger partial charge in [0.15, 0.2) is 0 Å². The smallest absolute Gasteiger partial charge is 0.0809 e. The molecule has 0 radical (unpaired) electrons. The summed E-state index contributed by atoms with van der Waals surface area (Å²) in [6.07, 6.45) is 10.7. The Morgan fingerprint density at radius 2 is 1.95 bits per heavy atom. The molecule has 4 fully saturated rings. The lowest BCUT2D eigenvalue weighted by Crippen LogP contribution is -2.50. The van der Waals surface area contributed by atoms with Gasteiger partial charge in [-0.05, 0) is 73.7 Å². The molecule has 0 heterocycles. The van der Waals surface area contributed by atoms with Crippen LogP contribution >= 0.6 is 0 Å². The first-order chi connectivity index (χ1) is 9.13. The van der Waals surface area contributed by atoms with Crippen LogP contribution in [0.15, 0.2) is 12.2 Å². The zero-order chi connectivity index (χ0) is 13.2. The van der Waals surface area contributed by atoms with E-state index in [1.165, 1.54) is 56.9 Å². The largest absolute Gasteiger partial charge is 0.388 e. The second kappa shape index (κ2) is 4.10. The number of aliphatic hydroxyl groups is 1. The fraction of sp³-hybridized carbons (Fsp3) is 0.889. The van der Waals surface area contributed by atoms with Crippen LogP contribution in [0.3, 0.4) is 0 Å². The van der Waals surface area contributed by atoms with Gasteiger partial charge in [-0.1, -0.05) is 26.3 Å². The zero-order valence-corrected chi connectivity index (χ0v) is 12.3. The lowest BCUT2D eigenvalue weighted by molar-refractivity contribution is -0.0979. The molecule has 4 aliphatic rings. The Hall–Kier alpha value is -0.300. The van der Waals surface area contributed by atoms with Gasteiger partial charge < -0.3 is 5.11 Å². The van der Waals surface area contributed by atoms with Crippen LogP contribution in [0, 0.1) is 35.0 Å². The minimum absolute atomic E-state index is 0.178. The average molecular weight is 260 g/mol. The monoisotopic (exact) mass is 260 g/mol. The van der Waals surface area contributed by atoms with E-state index in [4.69, 9.17) is 0 Å². The minimum Gasteiger partial charge on any atom is -0.388 e. The Balaban J connectivity index is 1.70. The van der Waals surface area contributed by atoms with E-state index in [0.717, 1.165) is 23.7 Å². The van der Waals surface area contributed by atoms with Crippen LogP contribution in [0.5, 0.6) is 0 Å². The highest BCUT2D eigenvalue weighted by molar-refractivity contribution is 5.25. The third-order valence-corrected chi connectivity index (χ3v) is 7.55. The summed E-state index contributed by atoms with van der Waals surface area (Å²) >= 11 is 0. The fourth-order valence-electron chi connectivity index (χ4n) is 6.63. The van der Waals surface area contributed by atoms with E-state index in [1.54, 1.807) is 0 Å². The molecule has 0 aromatic heterocycles. The predicted molar refractivity (Wildman–Crippen MR) is 77.6 cm³/mol. The molecule has 2 bridgehead atoms. The molecule has 1 heteroatoms. The highest BCUT2D eigenvalue weighted by Gasteiger charge is 2.60. The summed E-state index contributed by atoms with van der Waals surface area (Å²) in [6.45, 7) is 6.71. The maximum atomic E-state index is 10.8. The SMILES string of the molecule is C=C1[C@@H]2CCC3C4CCCC(C)C4CC[C@]3(C2)[C@@H]1O. The molecule has 0 aliphatic heterocycles. The van der Waals surface area contributed by atoms with Crippen LogP contribution in [-0.2, 0) is 0 Å². The topological polar surface area (TPSA) is 20.2 Å². The van der Waals surface area contributed by atoms with Crippen LogP contribution < -0.4 is 0 Å². The van der Waals surface area contributed by atoms with Gasteiger partial charge in [-0.3, -0.25) is 0 Å². The van der Waals surface area contributed by atoms with E-state index in [-0.39, 0.29) is 11.5 Å². The van der Waals surface area contributed by atoms with Crippen molar-refractivity contribution in [3.05, 3.63) is 12.2 Å². The molecule has 106 valence electrons. The van der Waals surface area contributed by atoms with Crippen molar-refractivity contribution >= 4 is 0 Å². The summed E-state index contributed by atoms with van der Waals surface area (Å²) in [5, 5.41) is 10.8. The van der Waals surface area contributed by atoms with Crippen LogP contribution in [0.4, 0.5) is 0 Å². The van der Waals surface area contributed by atoms with E-state index >= 15 is 0 Å². The summed E-state index contributed by atoms with van der Waals surface area (Å²) < 4.78 is 0. The van der Waals surface area contributed by atoms with Crippen LogP contribution in [-0.4, -0.2) is 11.2 Å². The Morgan fingerprint density at radius 1 is 1.11 bits per heavy atom. The van der Waals surface area contributed by atoms with Gasteiger partial charge in [0.25, 0.3) is 0 Å². The second-order valence-electron chi connectivity index (χ2n) is 8.07. The van der Waals surface area contributed by atoms with Gasteiger partial charge in [-0.25, -0.2) is 0 Å². The quantitative estimate of drug-likeness (QED) is 0.648. The number of hydrogen-bond donors (Lipinski definition) is 1. The Kier molecular flexibility index (Phi) is 2.68. The first kappa shape index (κ1) is 12.4. The fourth-order valence-corrected chi connectivity index (χ4v) is 6.63. The van der Waals surface area contributed by atoms with E-state index in [0.29, 0.717) is 5.92 Å². The molecular weight excluding hydrogens is 232 g/mol. The molecule has 0 aromatic carbocycles. The van der Waals surface area contributed by atoms with Gasteiger partial charge in [0.2, 0.25) is 0 Å². The summed E-state index contributed by atoms with van der Waals surface area (Å²) in [5.74, 6) is 4.25. The third-order valence-electron chi connectivity index (χ3n) is 7.55. The lowest BCUT2D eigenvalue weighted by Gasteiger charge is -2.56. The predicted octanol–water partition coefficient (Wildman–Crippen LogP) is 4.17. The molecule has 0 saturated heterocycles. The molecular formula is C18H28O. The molecule has 0 amide bonds. The van der Waals surface area contributed by atoms with Gasteiger partial charge in [0.1, 0.15) is 0 Å². The molecule has 0 aromatic rings. The van der Waals surface area contributed by atoms with Crippen molar-refractivity contribution in [1.82, 2.24) is 0 Å². The van der Waals surface area contributed by atoms with Gasteiger partial charge >= 0.3 is 0 Å². The van der Waals surface area contributed by atoms with Gasteiger partial charge in [-0.15, -0.1) is 0 Å². The number of fused-ring (bicyclic) bond motifs is 3. The van der Waals surface area contributed by atoms with Gasteiger partial charge in [0, 0.05) is 5.41 Å². The highest BCUT2D eigenvalue weighted by atomic mass is 16.3. The van der Waals surface area contributed by atoms with Crippen LogP contribution in [0.1, 0.15) is 58.3 Å². The van der Waals surface area contributed by atoms with E-state index < -0.39 is 0 Å². The Morgan fingerprint density at radius 3 is 2.79 bits per heavy atom. The minimum atomic E-state index is -0.178. The molecule has 1 nitrogen and oxygen atoms in total. The number of hydrogen-bond acceptors (Lipinski definition) is 1. The molecule has 1 N–H and O–H groups in total. The van der Waals surface area contributed by atoms with Crippen molar-refractivity contribution in [1.29, 1.82) is 0 Å². The average Bonchev–Trinajstić information content (AvgIpc) is 2.60. The van der Waals surface area contributed by atoms with E-state index in [2.05, 4.69) is 13.5 Å². The lowest BCUT2D eigenvalue weighted by atomic mass is 9.49. The van der Waals surface area contributed by atoms with Gasteiger partial charge in [-0.2, -0.15) is 0 Å². The van der Waals surface area contributed by atoms with E-state index in [1.807, 2.05) is 0 Å². The molecule has 19 heavy (non-hydrogen) atoms. The normalized spacial score (nSPS) is 56.6. The molecule has 4 saturated carbocycles. The Labute approximate surface area is 117 Å². The summed E-state index contributed by atoms with van der Waals surface area (Å²) in [7, 11) is 0. The third kappa shape index (κ3) is 1.51. The maximum Gasteiger partial charge on any atom is 0.0809 e. The van der Waals surface area contributed by atoms with Crippen molar-refractivity contribution in [2.45, 2.75) is 64.4 Å². The highest BCUT2D eigenvalue weighted by Crippen LogP contribution is 2.66. The molecule has 4 aliphatic carbocycles. The molecule has 4 rings (SSSR count). The van der Waals surface area contributed by atoms with Crippen molar-refractivity contribution in [2.75, 3.05) is 0 Å². The molecule has 4 unspecified atom stereocenters. The number of aliphatic hydroxyl groups excluding tert-OH is 1. The second-order valence-corrected chi connectivity index (χ2v) is 8.07. The Bertz CT molecular complexity index is 400. The van der Waals surface area contributed by atoms with Crippen molar-refractivity contribution in [3.63, 3.8) is 0 Å². The molecule has 1 spiro atoms. The zero-order valence-electron chi connectivity index (χ0n) is 12.3. The van der Waals surface area contributed by atoms with Crippen molar-refractivity contribution < 1.29 is 5.11 Å². The first-order valence-corrected chi connectivity index (χ1v) is 8.50. The van der Waals surface area contributed by atoms with Gasteiger partial charge in [0.05, 0.1) is 6.10 Å².